The van der Waals surface area contributed by atoms with Gasteiger partial charge in [0, 0.05) is 29.4 Å². The van der Waals surface area contributed by atoms with Crippen LogP contribution in [-0.2, 0) is 30.8 Å². The number of hydrogen-bond donors (Lipinski definition) is 3. The summed E-state index contributed by atoms with van der Waals surface area (Å²) in [5.74, 6) is -0.992. The molecule has 1 fully saturated rings. The fraction of sp³-hybridized carbons (Fsp3) is 0.400. The van der Waals surface area contributed by atoms with Crippen molar-refractivity contribution in [2.45, 2.75) is 43.2 Å². The van der Waals surface area contributed by atoms with Gasteiger partial charge in [-0.1, -0.05) is 17.3 Å². The Balaban J connectivity index is 1.75. The van der Waals surface area contributed by atoms with Gasteiger partial charge in [0.25, 0.3) is 5.91 Å². The van der Waals surface area contributed by atoms with Crippen molar-refractivity contribution in [2.75, 3.05) is 18.1 Å². The second kappa shape index (κ2) is 10.7. The number of nitrogens with one attached hydrogen (secondary N) is 2. The highest BCUT2D eigenvalue weighted by Gasteiger charge is 2.21. The Morgan fingerprint density at radius 3 is 2.56 bits per heavy atom. The van der Waals surface area contributed by atoms with Crippen LogP contribution < -0.4 is 16.4 Å². The summed E-state index contributed by atoms with van der Waals surface area (Å²) in [7, 11) is -3.36. The number of rotatable bonds is 10. The van der Waals surface area contributed by atoms with E-state index in [-0.39, 0.29) is 23.3 Å². The number of benzene rings is 1. The van der Waals surface area contributed by atoms with Crippen LogP contribution in [0.15, 0.2) is 40.5 Å². The lowest BCUT2D eigenvalue weighted by Crippen LogP contribution is -2.27. The average Bonchev–Trinajstić information content (AvgIpc) is 3.40. The van der Waals surface area contributed by atoms with Gasteiger partial charge in [0.1, 0.15) is 6.10 Å². The van der Waals surface area contributed by atoms with Crippen LogP contribution in [0.1, 0.15) is 36.1 Å². The molecule has 4 N–H and O–H groups in total. The number of hydrogen-bond acceptors (Lipinski definition) is 9. The molecule has 0 bridgehead atoms. The number of thiazole rings is 1. The molecule has 1 aliphatic carbocycles. The molecule has 1 heterocycles. The van der Waals surface area contributed by atoms with Gasteiger partial charge in [0.15, 0.2) is 20.7 Å². The maximum atomic E-state index is 13.0. The third-order valence-corrected chi connectivity index (χ3v) is 6.78. The number of carbonyl (C=O) groups excluding carboxylic acids is 2. The van der Waals surface area contributed by atoms with Crippen molar-refractivity contribution in [1.82, 2.24) is 10.3 Å². The third kappa shape index (κ3) is 6.84. The summed E-state index contributed by atoms with van der Waals surface area (Å²) < 4.78 is 23.5. The molecular formula is C20H25N5O5S2. The minimum atomic E-state index is -3.36. The summed E-state index contributed by atoms with van der Waals surface area (Å²) in [4.78, 5) is 34.5. The van der Waals surface area contributed by atoms with E-state index >= 15 is 0 Å². The maximum absolute atomic E-state index is 13.0. The molecule has 2 amide bonds. The monoisotopic (exact) mass is 479 g/mol. The first-order valence-electron chi connectivity index (χ1n) is 10.0. The minimum absolute atomic E-state index is 0.0283. The lowest BCUT2D eigenvalue weighted by atomic mass is 10.1. The van der Waals surface area contributed by atoms with E-state index in [0.717, 1.165) is 36.8 Å². The minimum Gasteiger partial charge on any atom is -0.392 e. The van der Waals surface area contributed by atoms with Gasteiger partial charge in [-0.3, -0.25) is 14.9 Å². The predicted octanol–water partition coefficient (Wildman–Crippen LogP) is 1.42. The maximum Gasteiger partial charge on any atom is 0.280 e. The van der Waals surface area contributed by atoms with E-state index in [4.69, 9.17) is 10.6 Å². The molecular weight excluding hydrogens is 454 g/mol. The van der Waals surface area contributed by atoms with E-state index in [2.05, 4.69) is 20.8 Å². The topological polar surface area (TPSA) is 153 Å². The largest absolute Gasteiger partial charge is 0.392 e. The Kier molecular flexibility index (Phi) is 7.94. The van der Waals surface area contributed by atoms with E-state index in [1.807, 2.05) is 0 Å². The van der Waals surface area contributed by atoms with Gasteiger partial charge in [-0.15, -0.1) is 11.3 Å². The van der Waals surface area contributed by atoms with Crippen molar-refractivity contribution in [3.63, 3.8) is 0 Å². The number of anilines is 1. The standard InChI is InChI=1S/C20H25N5O5S2/c1-32(28,29)16-8-6-13(7-9-16)18(25-30-14-4-2-3-5-14)19(27)24-20-23-11-15(31-20)10-22-12-17(21)26/h6-9,11,14,22H,2-5,10,12H2,1H3,(H2,21,26)(H,23,24,27). The van der Waals surface area contributed by atoms with Crippen molar-refractivity contribution in [2.24, 2.45) is 10.9 Å². The molecule has 10 nitrogen and oxygen atoms in total. The fourth-order valence-electron chi connectivity index (χ4n) is 3.12. The lowest BCUT2D eigenvalue weighted by Gasteiger charge is -2.10. The highest BCUT2D eigenvalue weighted by molar-refractivity contribution is 7.90. The highest BCUT2D eigenvalue weighted by atomic mass is 32.2. The predicted molar refractivity (Wildman–Crippen MR) is 121 cm³/mol. The summed E-state index contributed by atoms with van der Waals surface area (Å²) in [6, 6.07) is 5.89. The Hall–Kier alpha value is -2.83. The summed E-state index contributed by atoms with van der Waals surface area (Å²) in [5.41, 5.74) is 5.55. The van der Waals surface area contributed by atoms with E-state index in [1.54, 1.807) is 6.20 Å². The van der Waals surface area contributed by atoms with Crippen molar-refractivity contribution in [3.8, 4) is 0 Å². The number of amides is 2. The highest BCUT2D eigenvalue weighted by Crippen LogP contribution is 2.22. The van der Waals surface area contributed by atoms with E-state index in [0.29, 0.717) is 17.2 Å². The number of primary amides is 1. The second-order valence-electron chi connectivity index (χ2n) is 7.40. The number of sulfone groups is 1. The summed E-state index contributed by atoms with van der Waals surface area (Å²) >= 11 is 1.24. The van der Waals surface area contributed by atoms with Crippen LogP contribution in [0.25, 0.3) is 0 Å². The van der Waals surface area contributed by atoms with E-state index < -0.39 is 21.7 Å². The molecule has 3 rings (SSSR count). The molecule has 2 aromatic rings. The molecule has 0 atom stereocenters. The number of nitrogens with two attached hydrogens (primary N) is 1. The average molecular weight is 480 g/mol. The Bertz CT molecular complexity index is 1090. The van der Waals surface area contributed by atoms with Crippen molar-refractivity contribution in [3.05, 3.63) is 40.9 Å². The Labute approximate surface area is 190 Å². The molecule has 12 heteroatoms. The Morgan fingerprint density at radius 2 is 1.94 bits per heavy atom. The quantitative estimate of drug-likeness (QED) is 0.344. The molecule has 0 saturated heterocycles. The van der Waals surface area contributed by atoms with Gasteiger partial charge in [0.2, 0.25) is 5.91 Å². The van der Waals surface area contributed by atoms with Crippen LogP contribution in [0.4, 0.5) is 5.13 Å². The first-order valence-corrected chi connectivity index (χ1v) is 12.7. The molecule has 0 unspecified atom stereocenters. The van der Waals surface area contributed by atoms with Gasteiger partial charge in [0.05, 0.1) is 11.4 Å². The van der Waals surface area contributed by atoms with Gasteiger partial charge in [-0.25, -0.2) is 13.4 Å². The SMILES string of the molecule is CS(=O)(=O)c1ccc(C(=NOC2CCCC2)C(=O)Nc2ncc(CNCC(N)=O)s2)cc1. The zero-order valence-corrected chi connectivity index (χ0v) is 19.2. The summed E-state index contributed by atoms with van der Waals surface area (Å²) in [6.45, 7) is 0.424. The molecule has 1 aliphatic rings. The van der Waals surface area contributed by atoms with Gasteiger partial charge < -0.3 is 15.9 Å². The first kappa shape index (κ1) is 23.8. The van der Waals surface area contributed by atoms with Crippen molar-refractivity contribution >= 4 is 43.8 Å². The van der Waals surface area contributed by atoms with Crippen LogP contribution in [0.2, 0.25) is 0 Å². The van der Waals surface area contributed by atoms with Gasteiger partial charge in [-0.2, -0.15) is 0 Å². The van der Waals surface area contributed by atoms with Crippen molar-refractivity contribution < 1.29 is 22.8 Å². The summed E-state index contributed by atoms with van der Waals surface area (Å²) in [5, 5.41) is 10.0. The number of aromatic nitrogens is 1. The van der Waals surface area contributed by atoms with Gasteiger partial charge >= 0.3 is 0 Å². The summed E-state index contributed by atoms with van der Waals surface area (Å²) in [6.07, 6.45) is 6.51. The molecule has 32 heavy (non-hydrogen) atoms. The van der Waals surface area contributed by atoms with Gasteiger partial charge in [-0.05, 0) is 37.8 Å². The molecule has 1 saturated carbocycles. The molecule has 1 aromatic carbocycles. The van der Waals surface area contributed by atoms with Crippen LogP contribution in [0.5, 0.6) is 0 Å². The fourth-order valence-corrected chi connectivity index (χ4v) is 4.53. The van der Waals surface area contributed by atoms with Crippen LogP contribution in [-0.4, -0.2) is 49.8 Å². The molecule has 0 radical (unpaired) electrons. The Morgan fingerprint density at radius 1 is 1.25 bits per heavy atom. The van der Waals surface area contributed by atoms with Crippen LogP contribution >= 0.6 is 11.3 Å². The smallest absolute Gasteiger partial charge is 0.280 e. The first-order chi connectivity index (χ1) is 15.2. The zero-order chi connectivity index (χ0) is 23.1. The number of carbonyl (C=O) groups is 2. The van der Waals surface area contributed by atoms with Crippen LogP contribution in [0.3, 0.4) is 0 Å². The number of oxime groups is 1. The normalized spacial score (nSPS) is 15.0. The lowest BCUT2D eigenvalue weighted by molar-refractivity contribution is -0.117. The third-order valence-electron chi connectivity index (χ3n) is 4.74. The van der Waals surface area contributed by atoms with Crippen LogP contribution in [0, 0.1) is 0 Å². The van der Waals surface area contributed by atoms with E-state index in [9.17, 15) is 18.0 Å². The van der Waals surface area contributed by atoms with Crippen molar-refractivity contribution in [1.29, 1.82) is 0 Å². The molecule has 1 aromatic heterocycles. The zero-order valence-electron chi connectivity index (χ0n) is 17.5. The van der Waals surface area contributed by atoms with E-state index in [1.165, 1.54) is 35.6 Å². The molecule has 0 spiro atoms. The number of nitrogens with zero attached hydrogens (tertiary/aromatic N) is 2. The molecule has 0 aliphatic heterocycles. The second-order valence-corrected chi connectivity index (χ2v) is 10.5. The molecule has 172 valence electrons.